The van der Waals surface area contributed by atoms with Crippen molar-refractivity contribution in [1.82, 2.24) is 0 Å². The molecule has 1 aromatic carbocycles. The lowest BCUT2D eigenvalue weighted by Gasteiger charge is -2.22. The molecule has 0 saturated heterocycles. The first-order valence-corrected chi connectivity index (χ1v) is 10.0. The SMILES string of the molecule is C[C@H]1CCN(C(=O)CCS(C)(=O)=O)c2cc(Cl)ccc2S1. The summed E-state index contributed by atoms with van der Waals surface area (Å²) in [6, 6.07) is 5.51. The van der Waals surface area contributed by atoms with Crippen LogP contribution in [0.5, 0.6) is 0 Å². The molecular formula is C14H18ClNO3S2. The third-order valence-corrected chi connectivity index (χ3v) is 5.70. The number of hydrogen-bond acceptors (Lipinski definition) is 4. The van der Waals surface area contributed by atoms with Gasteiger partial charge in [-0.3, -0.25) is 4.79 Å². The summed E-state index contributed by atoms with van der Waals surface area (Å²) in [5, 5.41) is 0.974. The lowest BCUT2D eigenvalue weighted by molar-refractivity contribution is -0.118. The first-order valence-electron chi connectivity index (χ1n) is 6.70. The molecule has 0 aromatic heterocycles. The Morgan fingerprint density at radius 3 is 2.86 bits per heavy atom. The maximum absolute atomic E-state index is 12.4. The van der Waals surface area contributed by atoms with Crippen LogP contribution in [0.15, 0.2) is 23.1 Å². The van der Waals surface area contributed by atoms with Crippen LogP contribution >= 0.6 is 23.4 Å². The van der Waals surface area contributed by atoms with E-state index in [0.717, 1.165) is 23.3 Å². The van der Waals surface area contributed by atoms with Crippen LogP contribution in [-0.4, -0.2) is 38.1 Å². The standard InChI is InChI=1S/C14H18ClNO3S2/c1-10-5-7-16(14(17)6-8-21(2,18)19)12-9-11(15)3-4-13(12)20-10/h3-4,9-10H,5-8H2,1-2H3/t10-/m0/s1. The fraction of sp³-hybridized carbons (Fsp3) is 0.500. The smallest absolute Gasteiger partial charge is 0.228 e. The summed E-state index contributed by atoms with van der Waals surface area (Å²) in [6.07, 6.45) is 2.01. The first-order chi connectivity index (χ1) is 9.76. The van der Waals surface area contributed by atoms with Crippen molar-refractivity contribution in [2.45, 2.75) is 29.9 Å². The first kappa shape index (κ1) is 16.6. The Morgan fingerprint density at radius 1 is 1.48 bits per heavy atom. The molecule has 0 spiro atoms. The van der Waals surface area contributed by atoms with Crippen LogP contribution in [-0.2, 0) is 14.6 Å². The van der Waals surface area contributed by atoms with E-state index in [1.54, 1.807) is 22.7 Å². The van der Waals surface area contributed by atoms with Gasteiger partial charge in [-0.2, -0.15) is 0 Å². The topological polar surface area (TPSA) is 54.5 Å². The fourth-order valence-electron chi connectivity index (χ4n) is 2.17. The minimum Gasteiger partial charge on any atom is -0.311 e. The quantitative estimate of drug-likeness (QED) is 0.843. The highest BCUT2D eigenvalue weighted by atomic mass is 35.5. The molecule has 0 saturated carbocycles. The van der Waals surface area contributed by atoms with Gasteiger partial charge in [0, 0.05) is 34.4 Å². The second-order valence-corrected chi connectivity index (χ2v) is 9.43. The van der Waals surface area contributed by atoms with Gasteiger partial charge in [-0.05, 0) is 24.6 Å². The number of sulfone groups is 1. The summed E-state index contributed by atoms with van der Waals surface area (Å²) >= 11 is 7.76. The molecule has 1 aliphatic heterocycles. The third kappa shape index (κ3) is 4.63. The summed E-state index contributed by atoms with van der Waals surface area (Å²) in [5.74, 6) is -0.292. The Bertz CT molecular complexity index is 646. The summed E-state index contributed by atoms with van der Waals surface area (Å²) in [4.78, 5) is 15.1. The zero-order chi connectivity index (χ0) is 15.6. The van der Waals surface area contributed by atoms with Crippen LogP contribution in [0.3, 0.4) is 0 Å². The van der Waals surface area contributed by atoms with Crippen LogP contribution in [0, 0.1) is 0 Å². The van der Waals surface area contributed by atoms with E-state index in [1.165, 1.54) is 0 Å². The fourth-order valence-corrected chi connectivity index (χ4v) is 3.98. The molecule has 7 heteroatoms. The van der Waals surface area contributed by atoms with Crippen molar-refractivity contribution in [3.8, 4) is 0 Å². The normalized spacial score (nSPS) is 19.0. The molecule has 0 aliphatic carbocycles. The van der Waals surface area contributed by atoms with Gasteiger partial charge in [-0.15, -0.1) is 11.8 Å². The highest BCUT2D eigenvalue weighted by molar-refractivity contribution is 8.00. The Kier molecular flexibility index (Phi) is 5.22. The maximum atomic E-state index is 12.4. The molecule has 0 fully saturated rings. The van der Waals surface area contributed by atoms with E-state index in [0.29, 0.717) is 16.8 Å². The van der Waals surface area contributed by atoms with Crippen LogP contribution in [0.4, 0.5) is 5.69 Å². The number of rotatable bonds is 3. The average Bonchev–Trinajstić information content (AvgIpc) is 2.54. The van der Waals surface area contributed by atoms with Gasteiger partial charge < -0.3 is 4.90 Å². The minimum atomic E-state index is -3.14. The number of hydrogen-bond donors (Lipinski definition) is 0. The lowest BCUT2D eigenvalue weighted by Crippen LogP contribution is -2.33. The molecule has 0 unspecified atom stereocenters. The van der Waals surface area contributed by atoms with E-state index in [4.69, 9.17) is 11.6 Å². The maximum Gasteiger partial charge on any atom is 0.228 e. The van der Waals surface area contributed by atoms with Gasteiger partial charge in [-0.25, -0.2) is 8.42 Å². The monoisotopic (exact) mass is 347 g/mol. The molecule has 21 heavy (non-hydrogen) atoms. The number of nitrogens with zero attached hydrogens (tertiary/aromatic N) is 1. The van der Waals surface area contributed by atoms with Crippen molar-refractivity contribution in [1.29, 1.82) is 0 Å². The predicted octanol–water partition coefficient (Wildman–Crippen LogP) is 2.99. The molecule has 1 aromatic rings. The van der Waals surface area contributed by atoms with Gasteiger partial charge in [0.15, 0.2) is 0 Å². The molecule has 1 heterocycles. The predicted molar refractivity (Wildman–Crippen MR) is 88.1 cm³/mol. The number of carbonyl (C=O) groups is 1. The van der Waals surface area contributed by atoms with Gasteiger partial charge >= 0.3 is 0 Å². The van der Waals surface area contributed by atoms with Crippen molar-refractivity contribution < 1.29 is 13.2 Å². The van der Waals surface area contributed by atoms with E-state index < -0.39 is 9.84 Å². The Labute approximate surface area is 134 Å². The summed E-state index contributed by atoms with van der Waals surface area (Å²) in [6.45, 7) is 2.71. The Balaban J connectivity index is 2.27. The molecule has 4 nitrogen and oxygen atoms in total. The molecule has 0 radical (unpaired) electrons. The Morgan fingerprint density at radius 2 is 2.19 bits per heavy atom. The zero-order valence-corrected chi connectivity index (χ0v) is 14.4. The molecule has 116 valence electrons. The van der Waals surface area contributed by atoms with E-state index in [1.807, 2.05) is 12.1 Å². The zero-order valence-electron chi connectivity index (χ0n) is 12.0. The minimum absolute atomic E-state index is 0.00380. The molecule has 1 aliphatic rings. The largest absolute Gasteiger partial charge is 0.311 e. The second-order valence-electron chi connectivity index (χ2n) is 5.25. The van der Waals surface area contributed by atoms with E-state index in [9.17, 15) is 13.2 Å². The van der Waals surface area contributed by atoms with Crippen molar-refractivity contribution in [3.63, 3.8) is 0 Å². The van der Waals surface area contributed by atoms with Crippen LogP contribution in [0.2, 0.25) is 5.02 Å². The van der Waals surface area contributed by atoms with Crippen LogP contribution in [0.25, 0.3) is 0 Å². The second kappa shape index (κ2) is 6.58. The number of amides is 1. The number of anilines is 1. The van der Waals surface area contributed by atoms with E-state index in [2.05, 4.69) is 6.92 Å². The van der Waals surface area contributed by atoms with E-state index >= 15 is 0 Å². The van der Waals surface area contributed by atoms with Crippen molar-refractivity contribution in [3.05, 3.63) is 23.2 Å². The number of carbonyl (C=O) groups excluding carboxylic acids is 1. The summed E-state index contributed by atoms with van der Waals surface area (Å²) in [5.41, 5.74) is 0.787. The number of thioether (sulfide) groups is 1. The average molecular weight is 348 g/mol. The highest BCUT2D eigenvalue weighted by Gasteiger charge is 2.25. The van der Waals surface area contributed by atoms with Gasteiger partial charge in [0.05, 0.1) is 11.4 Å². The van der Waals surface area contributed by atoms with Gasteiger partial charge in [0.2, 0.25) is 5.91 Å². The Hall–Kier alpha value is -0.720. The van der Waals surface area contributed by atoms with Gasteiger partial charge in [0.1, 0.15) is 9.84 Å². The van der Waals surface area contributed by atoms with Crippen LogP contribution in [0.1, 0.15) is 19.8 Å². The molecule has 1 atom stereocenters. The van der Waals surface area contributed by atoms with Gasteiger partial charge in [-0.1, -0.05) is 18.5 Å². The van der Waals surface area contributed by atoms with Gasteiger partial charge in [0.25, 0.3) is 0 Å². The van der Waals surface area contributed by atoms with Crippen molar-refractivity contribution in [2.75, 3.05) is 23.5 Å². The van der Waals surface area contributed by atoms with E-state index in [-0.39, 0.29) is 18.1 Å². The molecule has 2 rings (SSSR count). The number of fused-ring (bicyclic) bond motifs is 1. The summed E-state index contributed by atoms with van der Waals surface area (Å²) in [7, 11) is -3.14. The molecule has 0 bridgehead atoms. The van der Waals surface area contributed by atoms with Crippen molar-refractivity contribution >= 4 is 44.8 Å². The molecular weight excluding hydrogens is 330 g/mol. The molecule has 0 N–H and O–H groups in total. The highest BCUT2D eigenvalue weighted by Crippen LogP contribution is 2.39. The molecule has 1 amide bonds. The number of halogens is 1. The lowest BCUT2D eigenvalue weighted by atomic mass is 10.2. The van der Waals surface area contributed by atoms with Crippen LogP contribution < -0.4 is 4.90 Å². The summed E-state index contributed by atoms with van der Waals surface area (Å²) < 4.78 is 22.5. The third-order valence-electron chi connectivity index (χ3n) is 3.29. The number of benzene rings is 1. The van der Waals surface area contributed by atoms with Crippen molar-refractivity contribution in [2.24, 2.45) is 0 Å².